The molecule has 3 amide bonds. The number of nitrogens with zero attached hydrogens (tertiary/aromatic N) is 2. The van der Waals surface area contributed by atoms with Gasteiger partial charge in [0, 0.05) is 13.1 Å². The van der Waals surface area contributed by atoms with Crippen LogP contribution < -0.4 is 9.47 Å². The van der Waals surface area contributed by atoms with E-state index in [1.54, 1.807) is 17.0 Å². The Morgan fingerprint density at radius 1 is 1.23 bits per heavy atom. The molecular formula is C26H23IN2O5S. The van der Waals surface area contributed by atoms with Crippen molar-refractivity contribution in [1.29, 1.82) is 0 Å². The van der Waals surface area contributed by atoms with E-state index in [4.69, 9.17) is 15.9 Å². The number of thioether (sulfide) groups is 1. The minimum absolute atomic E-state index is 0.102. The average Bonchev–Trinajstić information content (AvgIpc) is 3.10. The lowest BCUT2D eigenvalue weighted by atomic mass is 10.00. The van der Waals surface area contributed by atoms with Crippen LogP contribution in [0.2, 0.25) is 0 Å². The fraction of sp³-hybridized carbons (Fsp3) is 0.269. The van der Waals surface area contributed by atoms with E-state index in [2.05, 4.69) is 34.6 Å². The standard InChI is InChI=1S/C26H23IN2O5S/c1-3-11-34-24-20(27)12-17(13-21(24)33-4-2)14-22-25(31)29(26(32)35-22)16-23(30)28-10-9-18-7-5-6-8-19(18)15-28/h1,5-8,12-14H,4,9-11,15-16H2,2H3/b22-14-. The highest BCUT2D eigenvalue weighted by atomic mass is 127. The molecule has 0 saturated carbocycles. The van der Waals surface area contributed by atoms with Crippen LogP contribution in [0.5, 0.6) is 11.5 Å². The molecule has 0 bridgehead atoms. The molecule has 0 spiro atoms. The Labute approximate surface area is 222 Å². The summed E-state index contributed by atoms with van der Waals surface area (Å²) in [4.78, 5) is 41.5. The van der Waals surface area contributed by atoms with Crippen molar-refractivity contribution in [2.45, 2.75) is 19.9 Å². The fourth-order valence-corrected chi connectivity index (χ4v) is 5.54. The molecule has 0 N–H and O–H groups in total. The molecule has 2 aliphatic rings. The second kappa shape index (κ2) is 11.2. The van der Waals surface area contributed by atoms with Crippen molar-refractivity contribution in [3.8, 4) is 23.8 Å². The van der Waals surface area contributed by atoms with Gasteiger partial charge in [0.05, 0.1) is 15.1 Å². The van der Waals surface area contributed by atoms with Crippen molar-refractivity contribution in [1.82, 2.24) is 9.80 Å². The number of hydrogen-bond donors (Lipinski definition) is 0. The van der Waals surface area contributed by atoms with Gasteiger partial charge in [0.1, 0.15) is 13.2 Å². The van der Waals surface area contributed by atoms with Crippen LogP contribution in [0.15, 0.2) is 41.3 Å². The average molecular weight is 602 g/mol. The molecule has 1 fully saturated rings. The molecule has 180 valence electrons. The van der Waals surface area contributed by atoms with E-state index in [1.807, 2.05) is 31.2 Å². The number of imide groups is 1. The molecule has 0 unspecified atom stereocenters. The molecule has 2 aromatic rings. The summed E-state index contributed by atoms with van der Waals surface area (Å²) in [6.07, 6.45) is 7.68. The predicted molar refractivity (Wildman–Crippen MR) is 143 cm³/mol. The Morgan fingerprint density at radius 3 is 2.74 bits per heavy atom. The molecule has 2 aliphatic heterocycles. The van der Waals surface area contributed by atoms with Gasteiger partial charge in [-0.2, -0.15) is 0 Å². The van der Waals surface area contributed by atoms with E-state index in [0.29, 0.717) is 36.8 Å². The summed E-state index contributed by atoms with van der Waals surface area (Å²) < 4.78 is 12.1. The molecule has 0 aliphatic carbocycles. The van der Waals surface area contributed by atoms with Gasteiger partial charge in [0.25, 0.3) is 11.1 Å². The van der Waals surface area contributed by atoms with Crippen LogP contribution >= 0.6 is 34.4 Å². The Kier molecular flexibility index (Phi) is 8.03. The first kappa shape index (κ1) is 25.1. The lowest BCUT2D eigenvalue weighted by Gasteiger charge is -2.29. The Hall–Kier alpha value is -2.97. The quantitative estimate of drug-likeness (QED) is 0.267. The van der Waals surface area contributed by atoms with Crippen LogP contribution in [0.25, 0.3) is 6.08 Å². The molecule has 0 radical (unpaired) electrons. The first-order chi connectivity index (χ1) is 16.9. The van der Waals surface area contributed by atoms with Gasteiger partial charge in [-0.25, -0.2) is 0 Å². The third kappa shape index (κ3) is 5.65. The third-order valence-electron chi connectivity index (χ3n) is 5.58. The lowest BCUT2D eigenvalue weighted by molar-refractivity contribution is -0.136. The summed E-state index contributed by atoms with van der Waals surface area (Å²) in [5, 5.41) is -0.458. The fourth-order valence-electron chi connectivity index (χ4n) is 3.92. The van der Waals surface area contributed by atoms with Crippen molar-refractivity contribution in [3.05, 3.63) is 61.6 Å². The number of carbonyl (C=O) groups is 3. The van der Waals surface area contributed by atoms with Crippen LogP contribution in [0.1, 0.15) is 23.6 Å². The minimum atomic E-state index is -0.480. The molecule has 0 atom stereocenters. The molecule has 4 rings (SSSR count). The van der Waals surface area contributed by atoms with E-state index < -0.39 is 11.1 Å². The van der Waals surface area contributed by atoms with Gasteiger partial charge in [-0.1, -0.05) is 30.2 Å². The first-order valence-electron chi connectivity index (χ1n) is 11.0. The largest absolute Gasteiger partial charge is 0.490 e. The Balaban J connectivity index is 1.49. The van der Waals surface area contributed by atoms with Gasteiger partial charge in [0.15, 0.2) is 11.5 Å². The normalized spacial score (nSPS) is 16.3. The second-order valence-corrected chi connectivity index (χ2v) is 10.0. The molecule has 0 aromatic heterocycles. The number of halogens is 1. The smallest absolute Gasteiger partial charge is 0.294 e. The molecule has 7 nitrogen and oxygen atoms in total. The lowest BCUT2D eigenvalue weighted by Crippen LogP contribution is -2.44. The van der Waals surface area contributed by atoms with Crippen LogP contribution in [0, 0.1) is 15.9 Å². The topological polar surface area (TPSA) is 76.2 Å². The molecule has 35 heavy (non-hydrogen) atoms. The highest BCUT2D eigenvalue weighted by molar-refractivity contribution is 14.1. The number of fused-ring (bicyclic) bond motifs is 1. The number of benzene rings is 2. The number of carbonyl (C=O) groups excluding carboxylic acids is 3. The number of terminal acetylenes is 1. The van der Waals surface area contributed by atoms with E-state index in [9.17, 15) is 14.4 Å². The summed E-state index contributed by atoms with van der Waals surface area (Å²) in [5.74, 6) is 2.74. The van der Waals surface area contributed by atoms with E-state index >= 15 is 0 Å². The Bertz CT molecular complexity index is 1250. The minimum Gasteiger partial charge on any atom is -0.490 e. The number of hydrogen-bond acceptors (Lipinski definition) is 6. The van der Waals surface area contributed by atoms with Gasteiger partial charge in [0.2, 0.25) is 5.91 Å². The summed E-state index contributed by atoms with van der Waals surface area (Å²) in [6.45, 7) is 3.15. The van der Waals surface area contributed by atoms with E-state index in [-0.39, 0.29) is 24.0 Å². The summed E-state index contributed by atoms with van der Waals surface area (Å²) in [5.41, 5.74) is 2.99. The van der Waals surface area contributed by atoms with Crippen molar-refractivity contribution in [2.75, 3.05) is 26.3 Å². The second-order valence-electron chi connectivity index (χ2n) is 7.86. The zero-order valence-electron chi connectivity index (χ0n) is 19.1. The van der Waals surface area contributed by atoms with Gasteiger partial charge in [-0.3, -0.25) is 19.3 Å². The van der Waals surface area contributed by atoms with Crippen LogP contribution in [-0.2, 0) is 22.6 Å². The Morgan fingerprint density at radius 2 is 2.00 bits per heavy atom. The highest BCUT2D eigenvalue weighted by Gasteiger charge is 2.37. The van der Waals surface area contributed by atoms with Crippen molar-refractivity contribution < 1.29 is 23.9 Å². The van der Waals surface area contributed by atoms with Crippen LogP contribution in [0.4, 0.5) is 4.79 Å². The number of rotatable bonds is 7. The SMILES string of the molecule is C#CCOc1c(I)cc(/C=C2\SC(=O)N(CC(=O)N3CCc4ccccc4C3)C2=O)cc1OCC. The number of amides is 3. The van der Waals surface area contributed by atoms with Crippen molar-refractivity contribution >= 4 is 57.5 Å². The van der Waals surface area contributed by atoms with E-state index in [1.165, 1.54) is 5.56 Å². The van der Waals surface area contributed by atoms with Crippen LogP contribution in [-0.4, -0.2) is 53.2 Å². The summed E-state index contributed by atoms with van der Waals surface area (Å²) >= 11 is 2.93. The van der Waals surface area contributed by atoms with Crippen molar-refractivity contribution in [3.63, 3.8) is 0 Å². The maximum Gasteiger partial charge on any atom is 0.294 e. The monoisotopic (exact) mass is 602 g/mol. The highest BCUT2D eigenvalue weighted by Crippen LogP contribution is 2.37. The zero-order chi connectivity index (χ0) is 24.9. The predicted octanol–water partition coefficient (Wildman–Crippen LogP) is 4.32. The molecule has 2 heterocycles. The summed E-state index contributed by atoms with van der Waals surface area (Å²) in [6, 6.07) is 11.5. The van der Waals surface area contributed by atoms with Crippen molar-refractivity contribution in [2.24, 2.45) is 0 Å². The molecular weight excluding hydrogens is 579 g/mol. The third-order valence-corrected chi connectivity index (χ3v) is 7.29. The molecule has 1 saturated heterocycles. The van der Waals surface area contributed by atoms with Crippen LogP contribution in [0.3, 0.4) is 0 Å². The number of ether oxygens (including phenoxy) is 2. The summed E-state index contributed by atoms with van der Waals surface area (Å²) in [7, 11) is 0. The maximum atomic E-state index is 13.0. The zero-order valence-corrected chi connectivity index (χ0v) is 22.1. The van der Waals surface area contributed by atoms with Gasteiger partial charge in [-0.05, 0) is 82.6 Å². The van der Waals surface area contributed by atoms with Gasteiger partial charge >= 0.3 is 0 Å². The van der Waals surface area contributed by atoms with Gasteiger partial charge in [-0.15, -0.1) is 6.42 Å². The first-order valence-corrected chi connectivity index (χ1v) is 12.9. The van der Waals surface area contributed by atoms with E-state index in [0.717, 1.165) is 32.2 Å². The van der Waals surface area contributed by atoms with Gasteiger partial charge < -0.3 is 14.4 Å². The molecule has 9 heteroatoms. The molecule has 2 aromatic carbocycles. The maximum absolute atomic E-state index is 13.0.